The maximum absolute atomic E-state index is 12.8. The van der Waals surface area contributed by atoms with Gasteiger partial charge in [0.2, 0.25) is 5.91 Å². The number of rotatable bonds is 3. The zero-order valence-corrected chi connectivity index (χ0v) is 14.5. The highest BCUT2D eigenvalue weighted by atomic mass is 16.5. The lowest BCUT2D eigenvalue weighted by Gasteiger charge is -2.41. The van der Waals surface area contributed by atoms with Crippen LogP contribution >= 0.6 is 0 Å². The molecule has 1 unspecified atom stereocenters. The van der Waals surface area contributed by atoms with E-state index >= 15 is 0 Å². The predicted octanol–water partition coefficient (Wildman–Crippen LogP) is 1.33. The van der Waals surface area contributed by atoms with Crippen LogP contribution in [0.15, 0.2) is 4.52 Å². The Bertz CT molecular complexity index is 535. The number of aromatic nitrogens is 1. The van der Waals surface area contributed by atoms with Gasteiger partial charge in [-0.3, -0.25) is 9.69 Å². The summed E-state index contributed by atoms with van der Waals surface area (Å²) in [6.07, 6.45) is 2.09. The molecule has 1 atom stereocenters. The van der Waals surface area contributed by atoms with Gasteiger partial charge in [-0.15, -0.1) is 0 Å². The monoisotopic (exact) mass is 320 g/mol. The van der Waals surface area contributed by atoms with Crippen molar-refractivity contribution < 1.29 is 9.32 Å². The quantitative estimate of drug-likeness (QED) is 0.910. The number of piperidine rings is 1. The van der Waals surface area contributed by atoms with Gasteiger partial charge in [0.25, 0.3) is 0 Å². The van der Waals surface area contributed by atoms with Crippen molar-refractivity contribution in [1.82, 2.24) is 20.3 Å². The highest BCUT2D eigenvalue weighted by Gasteiger charge is 2.38. The summed E-state index contributed by atoms with van der Waals surface area (Å²) in [4.78, 5) is 17.3. The van der Waals surface area contributed by atoms with Gasteiger partial charge in [-0.2, -0.15) is 0 Å². The topological polar surface area (TPSA) is 61.6 Å². The molecule has 0 aliphatic carbocycles. The number of carbonyl (C=O) groups is 1. The highest BCUT2D eigenvalue weighted by molar-refractivity contribution is 5.82. The van der Waals surface area contributed by atoms with Crippen LogP contribution in [0.5, 0.6) is 0 Å². The molecule has 2 aliphatic heterocycles. The summed E-state index contributed by atoms with van der Waals surface area (Å²) in [6.45, 7) is 12.2. The number of carbonyl (C=O) groups excluding carboxylic acids is 1. The number of hydrogen-bond acceptors (Lipinski definition) is 5. The van der Waals surface area contributed by atoms with Crippen LogP contribution in [0.3, 0.4) is 0 Å². The number of amides is 1. The van der Waals surface area contributed by atoms with Gasteiger partial charge in [0.1, 0.15) is 5.76 Å². The molecule has 1 aromatic heterocycles. The summed E-state index contributed by atoms with van der Waals surface area (Å²) >= 11 is 0. The van der Waals surface area contributed by atoms with Crippen molar-refractivity contribution in [1.29, 1.82) is 0 Å². The van der Waals surface area contributed by atoms with Crippen molar-refractivity contribution in [3.63, 3.8) is 0 Å². The molecule has 0 radical (unpaired) electrons. The molecule has 1 amide bonds. The Kier molecular flexibility index (Phi) is 4.73. The van der Waals surface area contributed by atoms with E-state index in [1.807, 2.05) is 13.8 Å². The average Bonchev–Trinajstić information content (AvgIpc) is 2.87. The van der Waals surface area contributed by atoms with Crippen LogP contribution in [0.25, 0.3) is 0 Å². The zero-order valence-electron chi connectivity index (χ0n) is 14.5. The molecule has 3 rings (SSSR count). The van der Waals surface area contributed by atoms with Crippen molar-refractivity contribution >= 4 is 5.91 Å². The molecular formula is C17H28N4O2. The first-order chi connectivity index (χ1) is 11.0. The highest BCUT2D eigenvalue weighted by Crippen LogP contribution is 2.28. The number of piperazine rings is 1. The number of hydrogen-bond donors (Lipinski definition) is 1. The number of nitrogens with zero attached hydrogens (tertiary/aromatic N) is 3. The van der Waals surface area contributed by atoms with Crippen LogP contribution in [0, 0.1) is 19.3 Å². The Labute approximate surface area is 138 Å². The molecule has 6 nitrogen and oxygen atoms in total. The Morgan fingerprint density at radius 1 is 1.30 bits per heavy atom. The molecule has 23 heavy (non-hydrogen) atoms. The largest absolute Gasteiger partial charge is 0.361 e. The average molecular weight is 320 g/mol. The van der Waals surface area contributed by atoms with Crippen molar-refractivity contribution in [2.24, 2.45) is 5.41 Å². The molecule has 3 heterocycles. The van der Waals surface area contributed by atoms with Crippen LogP contribution in [-0.4, -0.2) is 60.1 Å². The van der Waals surface area contributed by atoms with Crippen LogP contribution in [0.4, 0.5) is 0 Å². The minimum Gasteiger partial charge on any atom is -0.361 e. The van der Waals surface area contributed by atoms with Gasteiger partial charge < -0.3 is 14.7 Å². The van der Waals surface area contributed by atoms with Gasteiger partial charge in [-0.25, -0.2) is 0 Å². The van der Waals surface area contributed by atoms with E-state index in [0.717, 1.165) is 70.1 Å². The summed E-state index contributed by atoms with van der Waals surface area (Å²) in [5.74, 6) is 1.23. The van der Waals surface area contributed by atoms with Gasteiger partial charge in [-0.1, -0.05) is 5.16 Å². The third kappa shape index (κ3) is 3.43. The Balaban J connectivity index is 1.55. The first-order valence-corrected chi connectivity index (χ1v) is 8.64. The van der Waals surface area contributed by atoms with E-state index in [2.05, 4.69) is 27.2 Å². The maximum atomic E-state index is 12.8. The zero-order chi connectivity index (χ0) is 16.4. The lowest BCUT2D eigenvalue weighted by molar-refractivity contribution is -0.144. The fourth-order valence-electron chi connectivity index (χ4n) is 3.68. The third-order valence-electron chi connectivity index (χ3n) is 5.34. The third-order valence-corrected chi connectivity index (χ3v) is 5.34. The summed E-state index contributed by atoms with van der Waals surface area (Å²) in [7, 11) is 0. The van der Waals surface area contributed by atoms with Crippen LogP contribution in [-0.2, 0) is 11.3 Å². The second-order valence-electron chi connectivity index (χ2n) is 7.21. The minimum absolute atomic E-state index is 0.220. The first kappa shape index (κ1) is 16.5. The molecule has 128 valence electrons. The summed E-state index contributed by atoms with van der Waals surface area (Å²) in [5.41, 5.74) is 1.94. The summed E-state index contributed by atoms with van der Waals surface area (Å²) in [6, 6.07) is 0. The molecule has 0 bridgehead atoms. The molecule has 0 saturated carbocycles. The van der Waals surface area contributed by atoms with Crippen molar-refractivity contribution in [2.45, 2.75) is 40.2 Å². The normalized spacial score (nSPS) is 26.5. The van der Waals surface area contributed by atoms with E-state index in [-0.39, 0.29) is 5.41 Å². The van der Waals surface area contributed by atoms with Crippen molar-refractivity contribution in [2.75, 3.05) is 39.3 Å². The number of aryl methyl sites for hydroxylation is 2. The molecule has 6 heteroatoms. The van der Waals surface area contributed by atoms with Crippen LogP contribution in [0.1, 0.15) is 36.8 Å². The van der Waals surface area contributed by atoms with E-state index in [0.29, 0.717) is 5.91 Å². The minimum atomic E-state index is -0.220. The first-order valence-electron chi connectivity index (χ1n) is 8.64. The summed E-state index contributed by atoms with van der Waals surface area (Å²) < 4.78 is 5.24. The van der Waals surface area contributed by atoms with Gasteiger partial charge in [-0.05, 0) is 40.2 Å². The van der Waals surface area contributed by atoms with Gasteiger partial charge in [0.15, 0.2) is 0 Å². The lowest BCUT2D eigenvalue weighted by Crippen LogP contribution is -2.55. The molecule has 2 aliphatic rings. The molecule has 1 aromatic rings. The van der Waals surface area contributed by atoms with E-state index in [9.17, 15) is 4.79 Å². The van der Waals surface area contributed by atoms with E-state index in [1.54, 1.807) is 0 Å². The SMILES string of the molecule is Cc1noc(C)c1CN1CCN(C(=O)C2(C)CCCNC2)CC1. The molecule has 2 saturated heterocycles. The maximum Gasteiger partial charge on any atom is 0.229 e. The van der Waals surface area contributed by atoms with Gasteiger partial charge in [0.05, 0.1) is 11.1 Å². The van der Waals surface area contributed by atoms with Crippen LogP contribution < -0.4 is 5.32 Å². The summed E-state index contributed by atoms with van der Waals surface area (Å²) in [5, 5.41) is 7.39. The molecule has 0 aromatic carbocycles. The van der Waals surface area contributed by atoms with E-state index in [1.165, 1.54) is 5.56 Å². The predicted molar refractivity (Wildman–Crippen MR) is 88.0 cm³/mol. The molecular weight excluding hydrogens is 292 g/mol. The Morgan fingerprint density at radius 3 is 2.61 bits per heavy atom. The van der Waals surface area contributed by atoms with E-state index in [4.69, 9.17) is 4.52 Å². The Hall–Kier alpha value is -1.40. The van der Waals surface area contributed by atoms with Gasteiger partial charge in [0, 0.05) is 44.8 Å². The Morgan fingerprint density at radius 2 is 2.04 bits per heavy atom. The molecule has 2 fully saturated rings. The lowest BCUT2D eigenvalue weighted by atomic mass is 9.81. The van der Waals surface area contributed by atoms with E-state index < -0.39 is 0 Å². The van der Waals surface area contributed by atoms with Crippen molar-refractivity contribution in [3.05, 3.63) is 17.0 Å². The molecule has 1 N–H and O–H groups in total. The second-order valence-corrected chi connectivity index (χ2v) is 7.21. The standard InChI is InChI=1S/C17H28N4O2/c1-13-15(14(2)23-19-13)11-20-7-9-21(10-8-20)16(22)17(3)5-4-6-18-12-17/h18H,4-12H2,1-3H3. The van der Waals surface area contributed by atoms with Crippen molar-refractivity contribution in [3.8, 4) is 0 Å². The van der Waals surface area contributed by atoms with Crippen LogP contribution in [0.2, 0.25) is 0 Å². The molecule has 0 spiro atoms. The van der Waals surface area contributed by atoms with Gasteiger partial charge >= 0.3 is 0 Å². The second kappa shape index (κ2) is 6.61. The fourth-order valence-corrected chi connectivity index (χ4v) is 3.68. The fraction of sp³-hybridized carbons (Fsp3) is 0.765. The number of nitrogens with one attached hydrogen (secondary N) is 1. The smallest absolute Gasteiger partial charge is 0.229 e.